The molecule has 0 spiro atoms. The highest BCUT2D eigenvalue weighted by molar-refractivity contribution is 5.99. The van der Waals surface area contributed by atoms with Crippen LogP contribution in [0.4, 0.5) is 10.1 Å². The quantitative estimate of drug-likeness (QED) is 0.843. The van der Waals surface area contributed by atoms with Gasteiger partial charge in [-0.2, -0.15) is 0 Å². The minimum atomic E-state index is -0.583. The minimum absolute atomic E-state index is 0.124. The molecule has 20 heavy (non-hydrogen) atoms. The van der Waals surface area contributed by atoms with Crippen LogP contribution < -0.4 is 11.1 Å². The van der Waals surface area contributed by atoms with Gasteiger partial charge in [0.15, 0.2) is 0 Å². The predicted molar refractivity (Wildman–Crippen MR) is 77.9 cm³/mol. The van der Waals surface area contributed by atoms with E-state index >= 15 is 0 Å². The third-order valence-corrected chi connectivity index (χ3v) is 3.22. The number of nitrogens with two attached hydrogens (primary N) is 1. The number of hydrogen-bond donors (Lipinski definition) is 2. The molecule has 2 rings (SSSR count). The molecule has 0 heterocycles. The van der Waals surface area contributed by atoms with Crippen molar-refractivity contribution in [2.75, 3.05) is 5.73 Å². The SMILES string of the molecule is Cc1ccc([C@H](C)NC(=O)c2cccc(F)c2N)cc1. The Morgan fingerprint density at radius 1 is 1.20 bits per heavy atom. The molecule has 0 fully saturated rings. The number of halogens is 1. The van der Waals surface area contributed by atoms with Crippen molar-refractivity contribution in [2.45, 2.75) is 19.9 Å². The highest BCUT2D eigenvalue weighted by Crippen LogP contribution is 2.18. The molecule has 0 saturated heterocycles. The van der Waals surface area contributed by atoms with E-state index in [1.165, 1.54) is 18.2 Å². The summed E-state index contributed by atoms with van der Waals surface area (Å²) in [7, 11) is 0. The van der Waals surface area contributed by atoms with E-state index in [1.807, 2.05) is 38.1 Å². The number of rotatable bonds is 3. The first-order valence-corrected chi connectivity index (χ1v) is 6.40. The lowest BCUT2D eigenvalue weighted by Crippen LogP contribution is -2.27. The molecule has 0 bridgehead atoms. The predicted octanol–water partition coefficient (Wildman–Crippen LogP) is 3.21. The third-order valence-electron chi connectivity index (χ3n) is 3.22. The van der Waals surface area contributed by atoms with Gasteiger partial charge in [-0.15, -0.1) is 0 Å². The number of carbonyl (C=O) groups is 1. The molecule has 0 aliphatic rings. The monoisotopic (exact) mass is 272 g/mol. The summed E-state index contributed by atoms with van der Waals surface area (Å²) >= 11 is 0. The Morgan fingerprint density at radius 3 is 2.50 bits per heavy atom. The van der Waals surface area contributed by atoms with Crippen LogP contribution in [0, 0.1) is 12.7 Å². The van der Waals surface area contributed by atoms with Crippen LogP contribution in [-0.4, -0.2) is 5.91 Å². The second-order valence-electron chi connectivity index (χ2n) is 4.81. The van der Waals surface area contributed by atoms with Crippen LogP contribution in [0.5, 0.6) is 0 Å². The molecule has 0 radical (unpaired) electrons. The van der Waals surface area contributed by atoms with E-state index in [9.17, 15) is 9.18 Å². The molecule has 1 atom stereocenters. The van der Waals surface area contributed by atoms with Crippen LogP contribution in [0.15, 0.2) is 42.5 Å². The summed E-state index contributed by atoms with van der Waals surface area (Å²) in [5, 5.41) is 2.81. The molecule has 3 nitrogen and oxygen atoms in total. The zero-order valence-electron chi connectivity index (χ0n) is 11.5. The van der Waals surface area contributed by atoms with Crippen molar-refractivity contribution in [1.82, 2.24) is 5.32 Å². The molecule has 2 aromatic carbocycles. The fourth-order valence-electron chi connectivity index (χ4n) is 1.95. The number of aryl methyl sites for hydroxylation is 1. The number of amides is 1. The van der Waals surface area contributed by atoms with E-state index in [0.29, 0.717) is 0 Å². The van der Waals surface area contributed by atoms with E-state index in [4.69, 9.17) is 5.73 Å². The summed E-state index contributed by atoms with van der Waals surface area (Å²) in [6, 6.07) is 11.9. The molecule has 4 heteroatoms. The Balaban J connectivity index is 2.15. The average Bonchev–Trinajstić information content (AvgIpc) is 2.42. The van der Waals surface area contributed by atoms with Crippen molar-refractivity contribution in [3.8, 4) is 0 Å². The topological polar surface area (TPSA) is 55.1 Å². The van der Waals surface area contributed by atoms with Gasteiger partial charge in [-0.25, -0.2) is 4.39 Å². The smallest absolute Gasteiger partial charge is 0.253 e. The second-order valence-corrected chi connectivity index (χ2v) is 4.81. The van der Waals surface area contributed by atoms with Gasteiger partial charge in [-0.1, -0.05) is 35.9 Å². The average molecular weight is 272 g/mol. The molecule has 0 aliphatic heterocycles. The molecule has 104 valence electrons. The van der Waals surface area contributed by atoms with Crippen LogP contribution in [-0.2, 0) is 0 Å². The maximum absolute atomic E-state index is 13.3. The van der Waals surface area contributed by atoms with Gasteiger partial charge in [0.05, 0.1) is 17.3 Å². The minimum Gasteiger partial charge on any atom is -0.396 e. The van der Waals surface area contributed by atoms with Gasteiger partial charge in [0.2, 0.25) is 0 Å². The van der Waals surface area contributed by atoms with Crippen molar-refractivity contribution < 1.29 is 9.18 Å². The highest BCUT2D eigenvalue weighted by atomic mass is 19.1. The molecule has 2 aromatic rings. The van der Waals surface area contributed by atoms with Gasteiger partial charge in [0, 0.05) is 0 Å². The lowest BCUT2D eigenvalue weighted by molar-refractivity contribution is 0.0940. The molecule has 3 N–H and O–H groups in total. The van der Waals surface area contributed by atoms with Gasteiger partial charge in [-0.3, -0.25) is 4.79 Å². The largest absolute Gasteiger partial charge is 0.396 e. The van der Waals surface area contributed by atoms with Crippen molar-refractivity contribution in [3.05, 3.63) is 65.0 Å². The molecular weight excluding hydrogens is 255 g/mol. The van der Waals surface area contributed by atoms with Gasteiger partial charge in [0.25, 0.3) is 5.91 Å². The van der Waals surface area contributed by atoms with Gasteiger partial charge >= 0.3 is 0 Å². The van der Waals surface area contributed by atoms with Crippen molar-refractivity contribution >= 4 is 11.6 Å². The normalized spacial score (nSPS) is 11.9. The zero-order valence-corrected chi connectivity index (χ0v) is 11.5. The van der Waals surface area contributed by atoms with Gasteiger partial charge in [0.1, 0.15) is 5.82 Å². The number of carbonyl (C=O) groups excluding carboxylic acids is 1. The van der Waals surface area contributed by atoms with Gasteiger partial charge < -0.3 is 11.1 Å². The summed E-state index contributed by atoms with van der Waals surface area (Å²) in [6.07, 6.45) is 0. The lowest BCUT2D eigenvalue weighted by atomic mass is 10.1. The molecule has 0 saturated carbocycles. The summed E-state index contributed by atoms with van der Waals surface area (Å²) in [5.74, 6) is -0.962. The van der Waals surface area contributed by atoms with E-state index in [0.717, 1.165) is 11.1 Å². The number of benzene rings is 2. The first-order valence-electron chi connectivity index (χ1n) is 6.40. The third kappa shape index (κ3) is 2.96. The Bertz CT molecular complexity index is 623. The highest BCUT2D eigenvalue weighted by Gasteiger charge is 2.15. The number of para-hydroxylation sites is 1. The van der Waals surface area contributed by atoms with Crippen LogP contribution in [0.1, 0.15) is 34.5 Å². The maximum atomic E-state index is 13.3. The molecule has 0 aliphatic carbocycles. The van der Waals surface area contributed by atoms with Crippen LogP contribution in [0.25, 0.3) is 0 Å². The van der Waals surface area contributed by atoms with Crippen molar-refractivity contribution in [1.29, 1.82) is 0 Å². The number of anilines is 1. The molecule has 1 amide bonds. The first kappa shape index (κ1) is 14.1. The fraction of sp³-hybridized carbons (Fsp3) is 0.188. The summed E-state index contributed by atoms with van der Waals surface area (Å²) in [6.45, 7) is 3.87. The zero-order chi connectivity index (χ0) is 14.7. The Morgan fingerprint density at radius 2 is 1.85 bits per heavy atom. The Labute approximate surface area is 117 Å². The van der Waals surface area contributed by atoms with E-state index in [2.05, 4.69) is 5.32 Å². The van der Waals surface area contributed by atoms with Crippen molar-refractivity contribution in [2.24, 2.45) is 0 Å². The first-order chi connectivity index (χ1) is 9.49. The maximum Gasteiger partial charge on any atom is 0.253 e. The van der Waals surface area contributed by atoms with Gasteiger partial charge in [-0.05, 0) is 31.5 Å². The fourth-order valence-corrected chi connectivity index (χ4v) is 1.95. The van der Waals surface area contributed by atoms with Crippen LogP contribution >= 0.6 is 0 Å². The molecular formula is C16H17FN2O. The van der Waals surface area contributed by atoms with Crippen LogP contribution in [0.2, 0.25) is 0 Å². The Hall–Kier alpha value is -2.36. The van der Waals surface area contributed by atoms with E-state index < -0.39 is 5.82 Å². The summed E-state index contributed by atoms with van der Waals surface area (Å²) in [4.78, 5) is 12.1. The molecule has 0 aromatic heterocycles. The van der Waals surface area contributed by atoms with E-state index in [-0.39, 0.29) is 23.2 Å². The number of hydrogen-bond acceptors (Lipinski definition) is 2. The Kier molecular flexibility index (Phi) is 4.03. The van der Waals surface area contributed by atoms with E-state index in [1.54, 1.807) is 0 Å². The summed E-state index contributed by atoms with van der Waals surface area (Å²) in [5.41, 5.74) is 7.75. The standard InChI is InChI=1S/C16H17FN2O/c1-10-6-8-12(9-7-10)11(2)19-16(20)13-4-3-5-14(17)15(13)18/h3-9,11H,18H2,1-2H3,(H,19,20)/t11-/m0/s1. The van der Waals surface area contributed by atoms with Crippen LogP contribution in [0.3, 0.4) is 0 Å². The lowest BCUT2D eigenvalue weighted by Gasteiger charge is -2.15. The number of nitrogen functional groups attached to an aromatic ring is 1. The number of nitrogens with one attached hydrogen (secondary N) is 1. The second kappa shape index (κ2) is 5.74. The van der Waals surface area contributed by atoms with Crippen molar-refractivity contribution in [3.63, 3.8) is 0 Å². The summed E-state index contributed by atoms with van der Waals surface area (Å²) < 4.78 is 13.3. The molecule has 0 unspecified atom stereocenters.